The van der Waals surface area contributed by atoms with Crippen molar-refractivity contribution in [1.82, 2.24) is 20.3 Å². The summed E-state index contributed by atoms with van der Waals surface area (Å²) in [5.74, 6) is -0.819. The fourth-order valence-electron chi connectivity index (χ4n) is 6.01. The quantitative estimate of drug-likeness (QED) is 0.0383. The van der Waals surface area contributed by atoms with E-state index in [0.29, 0.717) is 12.8 Å². The van der Waals surface area contributed by atoms with Crippen LogP contribution in [0, 0.1) is 0 Å². The third kappa shape index (κ3) is 28.4. The summed E-state index contributed by atoms with van der Waals surface area (Å²) in [6, 6.07) is -0.931. The molecule has 13 nitrogen and oxygen atoms in total. The standard InChI is InChI=1S/C41H75N5O8S/c1-4-7-10-13-16-19-22-25-38(49)42-36(41(52)43-37-29-46(45-44-37)28-34(48)30-47)33-55-32-35(54-40(51)27-24-21-18-15-12-9-6-3)31-53-39(50)26-23-20-17-14-11-8-5-2/h29,34-36,47-48H,4-28,30-33H2,1-3H3,(H,42,49)(H,43,52)/t34-,35-,36-/m1/s1. The van der Waals surface area contributed by atoms with E-state index in [9.17, 15) is 24.3 Å². The summed E-state index contributed by atoms with van der Waals surface area (Å²) in [6.07, 6.45) is 23.3. The van der Waals surface area contributed by atoms with Crippen LogP contribution in [0.3, 0.4) is 0 Å². The van der Waals surface area contributed by atoms with E-state index in [2.05, 4.69) is 41.7 Å². The first kappa shape index (κ1) is 50.3. The topological polar surface area (TPSA) is 182 Å². The number of hydrogen-bond donors (Lipinski definition) is 4. The predicted octanol–water partition coefficient (Wildman–Crippen LogP) is 7.66. The average molecular weight is 798 g/mol. The van der Waals surface area contributed by atoms with Crippen LogP contribution in [0.1, 0.15) is 175 Å². The lowest BCUT2D eigenvalue weighted by Gasteiger charge is -2.21. The third-order valence-corrected chi connectivity index (χ3v) is 10.5. The minimum Gasteiger partial charge on any atom is -0.462 e. The van der Waals surface area contributed by atoms with Gasteiger partial charge in [-0.05, 0) is 19.3 Å². The molecule has 0 radical (unpaired) electrons. The number of aromatic nitrogens is 3. The number of aliphatic hydroxyl groups is 2. The van der Waals surface area contributed by atoms with Crippen molar-refractivity contribution >= 4 is 41.3 Å². The molecule has 318 valence electrons. The minimum atomic E-state index is -1.03. The largest absolute Gasteiger partial charge is 0.462 e. The molecule has 1 rings (SSSR count). The predicted molar refractivity (Wildman–Crippen MR) is 220 cm³/mol. The number of anilines is 1. The van der Waals surface area contributed by atoms with E-state index in [1.165, 1.54) is 86.8 Å². The number of rotatable bonds is 37. The molecule has 0 saturated carbocycles. The number of esters is 2. The van der Waals surface area contributed by atoms with Crippen molar-refractivity contribution < 1.29 is 38.9 Å². The molecule has 1 aromatic heterocycles. The van der Waals surface area contributed by atoms with Gasteiger partial charge >= 0.3 is 11.9 Å². The van der Waals surface area contributed by atoms with E-state index >= 15 is 0 Å². The zero-order chi connectivity index (χ0) is 40.4. The van der Waals surface area contributed by atoms with Gasteiger partial charge in [-0.2, -0.15) is 11.8 Å². The van der Waals surface area contributed by atoms with E-state index in [1.807, 2.05) is 0 Å². The molecule has 0 spiro atoms. The Bertz CT molecular complexity index is 1140. The second-order valence-electron chi connectivity index (χ2n) is 14.7. The number of carbonyl (C=O) groups is 4. The normalized spacial score (nSPS) is 12.9. The molecule has 0 aromatic carbocycles. The summed E-state index contributed by atoms with van der Waals surface area (Å²) in [4.78, 5) is 51.9. The molecule has 0 unspecified atom stereocenters. The molecule has 4 N–H and O–H groups in total. The highest BCUT2D eigenvalue weighted by atomic mass is 32.2. The number of unbranched alkanes of at least 4 members (excludes halogenated alkanes) is 18. The van der Waals surface area contributed by atoms with Gasteiger partial charge in [0.15, 0.2) is 5.82 Å². The van der Waals surface area contributed by atoms with E-state index in [0.717, 1.165) is 70.6 Å². The van der Waals surface area contributed by atoms with Crippen LogP contribution in [0.2, 0.25) is 0 Å². The molecule has 2 amide bonds. The number of nitrogens with one attached hydrogen (secondary N) is 2. The van der Waals surface area contributed by atoms with Gasteiger partial charge in [0, 0.05) is 30.8 Å². The van der Waals surface area contributed by atoms with Crippen molar-refractivity contribution in [2.45, 2.75) is 200 Å². The summed E-state index contributed by atoms with van der Waals surface area (Å²) >= 11 is 1.32. The summed E-state index contributed by atoms with van der Waals surface area (Å²) in [7, 11) is 0. The van der Waals surface area contributed by atoms with Crippen molar-refractivity contribution in [2.75, 3.05) is 30.0 Å². The number of carbonyl (C=O) groups excluding carboxylic acids is 4. The maximum absolute atomic E-state index is 13.4. The van der Waals surface area contributed by atoms with Crippen molar-refractivity contribution in [3.63, 3.8) is 0 Å². The van der Waals surface area contributed by atoms with E-state index in [-0.39, 0.29) is 54.7 Å². The summed E-state index contributed by atoms with van der Waals surface area (Å²) in [5, 5.41) is 32.2. The Balaban J connectivity index is 2.84. The fourth-order valence-corrected chi connectivity index (χ4v) is 7.05. The van der Waals surface area contributed by atoms with Crippen LogP contribution in [-0.4, -0.2) is 91.9 Å². The van der Waals surface area contributed by atoms with Gasteiger partial charge in [0.25, 0.3) is 0 Å². The maximum Gasteiger partial charge on any atom is 0.306 e. The Morgan fingerprint density at radius 1 is 0.727 bits per heavy atom. The summed E-state index contributed by atoms with van der Waals surface area (Å²) in [6.45, 7) is 6.03. The maximum atomic E-state index is 13.4. The Morgan fingerprint density at radius 3 is 1.78 bits per heavy atom. The first-order valence-electron chi connectivity index (χ1n) is 21.4. The van der Waals surface area contributed by atoms with Crippen molar-refractivity contribution in [1.29, 1.82) is 0 Å². The van der Waals surface area contributed by atoms with Crippen molar-refractivity contribution in [3.8, 4) is 0 Å². The summed E-state index contributed by atoms with van der Waals surface area (Å²) < 4.78 is 12.7. The number of ether oxygens (including phenoxy) is 2. The zero-order valence-corrected chi connectivity index (χ0v) is 35.2. The Kier molecular flexibility index (Phi) is 31.6. The lowest BCUT2D eigenvalue weighted by Crippen LogP contribution is -2.45. The van der Waals surface area contributed by atoms with Gasteiger partial charge in [0.1, 0.15) is 18.8 Å². The third-order valence-electron chi connectivity index (χ3n) is 9.34. The molecular formula is C41H75N5O8S. The molecule has 14 heteroatoms. The van der Waals surface area contributed by atoms with E-state index < -0.39 is 30.8 Å². The first-order chi connectivity index (χ1) is 26.7. The van der Waals surface area contributed by atoms with Gasteiger partial charge < -0.3 is 30.3 Å². The van der Waals surface area contributed by atoms with Gasteiger partial charge in [-0.25, -0.2) is 4.68 Å². The monoisotopic (exact) mass is 798 g/mol. The van der Waals surface area contributed by atoms with Crippen molar-refractivity contribution in [3.05, 3.63) is 6.20 Å². The van der Waals surface area contributed by atoms with Gasteiger partial charge in [0.2, 0.25) is 11.8 Å². The highest BCUT2D eigenvalue weighted by Crippen LogP contribution is 2.16. The van der Waals surface area contributed by atoms with Gasteiger partial charge in [-0.15, -0.1) is 5.10 Å². The van der Waals surface area contributed by atoms with Crippen molar-refractivity contribution in [2.24, 2.45) is 0 Å². The molecule has 0 saturated heterocycles. The second kappa shape index (κ2) is 34.5. The highest BCUT2D eigenvalue weighted by molar-refractivity contribution is 7.99. The lowest BCUT2D eigenvalue weighted by molar-refractivity contribution is -0.157. The molecule has 0 aliphatic rings. The smallest absolute Gasteiger partial charge is 0.306 e. The number of amides is 2. The highest BCUT2D eigenvalue weighted by Gasteiger charge is 2.24. The lowest BCUT2D eigenvalue weighted by atomic mass is 10.1. The van der Waals surface area contributed by atoms with Crippen LogP contribution >= 0.6 is 11.8 Å². The molecule has 0 aliphatic heterocycles. The van der Waals surface area contributed by atoms with Crippen LogP contribution in [-0.2, 0) is 35.2 Å². The van der Waals surface area contributed by atoms with Crippen LogP contribution < -0.4 is 10.6 Å². The molecule has 0 bridgehead atoms. The SMILES string of the molecule is CCCCCCCCCC(=O)N[C@H](CSC[C@@H](COC(=O)CCCCCCCCC)OC(=O)CCCCCCCCC)C(=O)Nc1cn(C[C@@H](O)CO)nn1. The zero-order valence-electron chi connectivity index (χ0n) is 34.4. The van der Waals surface area contributed by atoms with E-state index in [4.69, 9.17) is 14.6 Å². The molecule has 0 aliphatic carbocycles. The summed E-state index contributed by atoms with van der Waals surface area (Å²) in [5.41, 5.74) is 0. The van der Waals surface area contributed by atoms with Crippen LogP contribution in [0.5, 0.6) is 0 Å². The van der Waals surface area contributed by atoms with Gasteiger partial charge in [-0.3, -0.25) is 19.2 Å². The van der Waals surface area contributed by atoms with Gasteiger partial charge in [-0.1, -0.05) is 142 Å². The fraction of sp³-hybridized carbons (Fsp3) is 0.854. The van der Waals surface area contributed by atoms with Crippen LogP contribution in [0.25, 0.3) is 0 Å². The number of nitrogens with zero attached hydrogens (tertiary/aromatic N) is 3. The molecular weight excluding hydrogens is 723 g/mol. The number of hydrogen-bond acceptors (Lipinski definition) is 11. The molecule has 0 fully saturated rings. The average Bonchev–Trinajstić information content (AvgIpc) is 3.61. The van der Waals surface area contributed by atoms with Crippen LogP contribution in [0.4, 0.5) is 5.82 Å². The molecule has 1 aromatic rings. The second-order valence-corrected chi connectivity index (χ2v) is 15.8. The molecule has 3 atom stereocenters. The van der Waals surface area contributed by atoms with Gasteiger partial charge in [0.05, 0.1) is 25.5 Å². The minimum absolute atomic E-state index is 0.00345. The number of aliphatic hydroxyl groups excluding tert-OH is 2. The Hall–Kier alpha value is -2.71. The number of thioether (sulfide) groups is 1. The van der Waals surface area contributed by atoms with E-state index in [1.54, 1.807) is 0 Å². The molecule has 55 heavy (non-hydrogen) atoms. The van der Waals surface area contributed by atoms with Crippen LogP contribution in [0.15, 0.2) is 6.20 Å². The molecule has 1 heterocycles. The Morgan fingerprint density at radius 2 is 1.24 bits per heavy atom. The first-order valence-corrected chi connectivity index (χ1v) is 22.6. The Labute approximate surface area is 335 Å².